The highest BCUT2D eigenvalue weighted by Gasteiger charge is 2.48. The summed E-state index contributed by atoms with van der Waals surface area (Å²) in [4.78, 5) is 2.22. The summed E-state index contributed by atoms with van der Waals surface area (Å²) in [5.74, 6) is 0.890. The zero-order valence-electron chi connectivity index (χ0n) is 14.0. The number of hydrogen-bond donors (Lipinski definition) is 2. The first-order chi connectivity index (χ1) is 10.8. The molecule has 2 saturated carbocycles. The number of anilines is 1. The Labute approximate surface area is 138 Å². The summed E-state index contributed by atoms with van der Waals surface area (Å²) < 4.78 is 28.5. The van der Waals surface area contributed by atoms with Gasteiger partial charge in [-0.25, -0.2) is 13.1 Å². The first kappa shape index (κ1) is 16.7. The molecule has 3 rings (SSSR count). The molecule has 0 saturated heterocycles. The van der Waals surface area contributed by atoms with Gasteiger partial charge in [0.1, 0.15) is 0 Å². The van der Waals surface area contributed by atoms with Crippen LogP contribution in [0.15, 0.2) is 23.1 Å². The Morgan fingerprint density at radius 1 is 1.26 bits per heavy atom. The van der Waals surface area contributed by atoms with Gasteiger partial charge < -0.3 is 10.0 Å². The van der Waals surface area contributed by atoms with E-state index in [-0.39, 0.29) is 18.6 Å². The number of nitrogens with one attached hydrogen (secondary N) is 1. The third-order valence-corrected chi connectivity index (χ3v) is 7.02. The molecule has 0 amide bonds. The zero-order valence-corrected chi connectivity index (χ0v) is 14.8. The number of sulfonamides is 1. The molecule has 0 aliphatic heterocycles. The molecule has 5 nitrogen and oxygen atoms in total. The van der Waals surface area contributed by atoms with E-state index in [1.807, 2.05) is 32.0 Å². The SMILES string of the molecule is Cc1ccc(S(=O)(=O)NC2C3CCC(C3)C2CO)cc1N(C)C. The van der Waals surface area contributed by atoms with E-state index in [4.69, 9.17) is 0 Å². The molecule has 23 heavy (non-hydrogen) atoms. The van der Waals surface area contributed by atoms with Crippen molar-refractivity contribution in [3.8, 4) is 0 Å². The minimum atomic E-state index is -3.57. The number of aliphatic hydroxyl groups is 1. The van der Waals surface area contributed by atoms with Gasteiger partial charge in [0.25, 0.3) is 0 Å². The number of aliphatic hydroxyl groups excluding tert-OH is 1. The second-order valence-corrected chi connectivity index (χ2v) is 8.88. The van der Waals surface area contributed by atoms with Crippen molar-refractivity contribution in [1.82, 2.24) is 4.72 Å². The number of aryl methyl sites for hydroxylation is 1. The summed E-state index contributed by atoms with van der Waals surface area (Å²) in [5.41, 5.74) is 1.95. The summed E-state index contributed by atoms with van der Waals surface area (Å²) in [7, 11) is 0.244. The average molecular weight is 338 g/mol. The van der Waals surface area contributed by atoms with Crippen LogP contribution >= 0.6 is 0 Å². The van der Waals surface area contributed by atoms with Gasteiger partial charge in [-0.3, -0.25) is 0 Å². The Morgan fingerprint density at radius 2 is 1.96 bits per heavy atom. The van der Waals surface area contributed by atoms with Gasteiger partial charge in [0.05, 0.1) is 4.90 Å². The van der Waals surface area contributed by atoms with Crippen LogP contribution in [0.4, 0.5) is 5.69 Å². The Bertz CT molecular complexity index is 687. The van der Waals surface area contributed by atoms with Crippen LogP contribution < -0.4 is 9.62 Å². The van der Waals surface area contributed by atoms with Crippen molar-refractivity contribution in [1.29, 1.82) is 0 Å². The van der Waals surface area contributed by atoms with E-state index >= 15 is 0 Å². The lowest BCUT2D eigenvalue weighted by molar-refractivity contribution is 0.153. The molecule has 4 unspecified atom stereocenters. The van der Waals surface area contributed by atoms with Crippen LogP contribution in [-0.4, -0.2) is 40.3 Å². The maximum atomic E-state index is 12.8. The van der Waals surface area contributed by atoms with Crippen molar-refractivity contribution < 1.29 is 13.5 Å². The third-order valence-electron chi connectivity index (χ3n) is 5.56. The Hall–Kier alpha value is -1.11. The summed E-state index contributed by atoms with van der Waals surface area (Å²) >= 11 is 0. The molecule has 0 radical (unpaired) electrons. The fourth-order valence-corrected chi connectivity index (χ4v) is 5.72. The molecule has 2 aliphatic carbocycles. The van der Waals surface area contributed by atoms with Gasteiger partial charge in [-0.15, -0.1) is 0 Å². The van der Waals surface area contributed by atoms with Gasteiger partial charge in [-0.2, -0.15) is 0 Å². The molecular weight excluding hydrogens is 312 g/mol. The van der Waals surface area contributed by atoms with Crippen LogP contribution in [-0.2, 0) is 10.0 Å². The molecule has 2 aliphatic rings. The van der Waals surface area contributed by atoms with Crippen LogP contribution in [0.3, 0.4) is 0 Å². The van der Waals surface area contributed by atoms with Crippen LogP contribution in [0, 0.1) is 24.7 Å². The van der Waals surface area contributed by atoms with Crippen LogP contribution in [0.25, 0.3) is 0 Å². The van der Waals surface area contributed by atoms with Crippen LogP contribution in [0.2, 0.25) is 0 Å². The molecule has 4 atom stereocenters. The summed E-state index contributed by atoms with van der Waals surface area (Å²) in [5, 5.41) is 9.64. The summed E-state index contributed by atoms with van der Waals surface area (Å²) in [6.45, 7) is 2.03. The van der Waals surface area contributed by atoms with Gasteiger partial charge in [-0.1, -0.05) is 6.07 Å². The first-order valence-corrected chi connectivity index (χ1v) is 9.73. The maximum Gasteiger partial charge on any atom is 0.240 e. The standard InChI is InChI=1S/C17H26N2O3S/c1-11-4-7-14(9-16(11)19(2)3)23(21,22)18-17-13-6-5-12(8-13)15(17)10-20/h4,7,9,12-13,15,17-18,20H,5-6,8,10H2,1-3H3. The number of rotatable bonds is 5. The number of hydrogen-bond acceptors (Lipinski definition) is 4. The lowest BCUT2D eigenvalue weighted by Crippen LogP contribution is -2.45. The third kappa shape index (κ3) is 2.99. The molecule has 0 aromatic heterocycles. The topological polar surface area (TPSA) is 69.6 Å². The van der Waals surface area contributed by atoms with E-state index in [2.05, 4.69) is 4.72 Å². The largest absolute Gasteiger partial charge is 0.396 e. The second-order valence-electron chi connectivity index (χ2n) is 7.17. The highest BCUT2D eigenvalue weighted by Crippen LogP contribution is 2.48. The smallest absolute Gasteiger partial charge is 0.240 e. The predicted molar refractivity (Wildman–Crippen MR) is 91.0 cm³/mol. The minimum Gasteiger partial charge on any atom is -0.396 e. The van der Waals surface area contributed by atoms with Crippen LogP contribution in [0.5, 0.6) is 0 Å². The monoisotopic (exact) mass is 338 g/mol. The maximum absolute atomic E-state index is 12.8. The number of benzene rings is 1. The van der Waals surface area contributed by atoms with Gasteiger partial charge in [-0.05, 0) is 55.7 Å². The fourth-order valence-electron chi connectivity index (χ4n) is 4.34. The van der Waals surface area contributed by atoms with E-state index < -0.39 is 10.0 Å². The van der Waals surface area contributed by atoms with Gasteiger partial charge in [0.15, 0.2) is 0 Å². The highest BCUT2D eigenvalue weighted by molar-refractivity contribution is 7.89. The van der Waals surface area contributed by atoms with Crippen molar-refractivity contribution in [2.24, 2.45) is 17.8 Å². The van der Waals surface area contributed by atoms with E-state index in [1.165, 1.54) is 0 Å². The van der Waals surface area contributed by atoms with E-state index in [0.717, 1.165) is 30.5 Å². The van der Waals surface area contributed by atoms with Crippen LogP contribution in [0.1, 0.15) is 24.8 Å². The molecule has 2 bridgehead atoms. The zero-order chi connectivity index (χ0) is 16.8. The lowest BCUT2D eigenvalue weighted by atomic mass is 9.86. The molecule has 2 N–H and O–H groups in total. The van der Waals surface area contributed by atoms with E-state index in [0.29, 0.717) is 16.7 Å². The quantitative estimate of drug-likeness (QED) is 0.858. The first-order valence-electron chi connectivity index (χ1n) is 8.24. The average Bonchev–Trinajstić information content (AvgIpc) is 3.07. The molecular formula is C17H26N2O3S. The molecule has 6 heteroatoms. The van der Waals surface area contributed by atoms with Gasteiger partial charge >= 0.3 is 0 Å². The Kier molecular flexibility index (Phi) is 4.42. The highest BCUT2D eigenvalue weighted by atomic mass is 32.2. The van der Waals surface area contributed by atoms with E-state index in [9.17, 15) is 13.5 Å². The lowest BCUT2D eigenvalue weighted by Gasteiger charge is -2.30. The van der Waals surface area contributed by atoms with Crippen molar-refractivity contribution >= 4 is 15.7 Å². The predicted octanol–water partition coefficient (Wildman–Crippen LogP) is 1.75. The number of fused-ring (bicyclic) bond motifs is 2. The normalized spacial score (nSPS) is 29.9. The fraction of sp³-hybridized carbons (Fsp3) is 0.647. The number of nitrogens with zero attached hydrogens (tertiary/aromatic N) is 1. The van der Waals surface area contributed by atoms with E-state index in [1.54, 1.807) is 12.1 Å². The molecule has 1 aromatic rings. The summed E-state index contributed by atoms with van der Waals surface area (Å²) in [6, 6.07) is 5.09. The molecule has 2 fully saturated rings. The van der Waals surface area contributed by atoms with Crippen molar-refractivity contribution in [3.63, 3.8) is 0 Å². The van der Waals surface area contributed by atoms with Crippen molar-refractivity contribution in [3.05, 3.63) is 23.8 Å². The van der Waals surface area contributed by atoms with Gasteiger partial charge in [0.2, 0.25) is 10.0 Å². The Morgan fingerprint density at radius 3 is 2.61 bits per heavy atom. The molecule has 128 valence electrons. The van der Waals surface area contributed by atoms with Gasteiger partial charge in [0, 0.05) is 38.3 Å². The van der Waals surface area contributed by atoms with Crippen molar-refractivity contribution in [2.75, 3.05) is 25.6 Å². The minimum absolute atomic E-state index is 0.0577. The van der Waals surface area contributed by atoms with Crippen molar-refractivity contribution in [2.45, 2.75) is 37.1 Å². The second kappa shape index (κ2) is 6.07. The molecule has 1 aromatic carbocycles. The molecule has 0 heterocycles. The summed E-state index contributed by atoms with van der Waals surface area (Å²) in [6.07, 6.45) is 3.21. The Balaban J connectivity index is 1.86. The molecule has 0 spiro atoms.